The largest absolute Gasteiger partial charge is 0.496 e. The minimum absolute atomic E-state index is 0.744. The van der Waals surface area contributed by atoms with Gasteiger partial charge in [-0.3, -0.25) is 4.90 Å². The molecule has 1 fully saturated rings. The van der Waals surface area contributed by atoms with Gasteiger partial charge in [0.15, 0.2) is 0 Å². The summed E-state index contributed by atoms with van der Waals surface area (Å²) in [7, 11) is 1.72. The van der Waals surface area contributed by atoms with Crippen molar-refractivity contribution in [3.05, 3.63) is 33.9 Å². The van der Waals surface area contributed by atoms with Crippen LogP contribution in [0.25, 0.3) is 5.57 Å². The van der Waals surface area contributed by atoms with E-state index in [1.807, 2.05) is 12.1 Å². The normalized spacial score (nSPS) is 20.2. The number of aryl methyl sites for hydroxylation is 1. The van der Waals surface area contributed by atoms with E-state index in [0.29, 0.717) is 0 Å². The van der Waals surface area contributed by atoms with Crippen molar-refractivity contribution < 1.29 is 4.74 Å². The first-order chi connectivity index (χ1) is 9.10. The quantitative estimate of drug-likeness (QED) is 0.831. The van der Waals surface area contributed by atoms with Gasteiger partial charge in [0.25, 0.3) is 0 Å². The summed E-state index contributed by atoms with van der Waals surface area (Å²) in [6.45, 7) is 6.51. The molecule has 0 N–H and O–H groups in total. The number of methoxy groups -OCH3 is 1. The summed E-state index contributed by atoms with van der Waals surface area (Å²) in [6, 6.07) is 4.76. The van der Waals surface area contributed by atoms with E-state index in [0.717, 1.165) is 29.9 Å². The Morgan fingerprint density at radius 3 is 2.58 bits per heavy atom. The van der Waals surface area contributed by atoms with Crippen molar-refractivity contribution in [1.29, 1.82) is 0 Å². The first-order valence-corrected chi connectivity index (χ1v) is 7.25. The van der Waals surface area contributed by atoms with Gasteiger partial charge in [0, 0.05) is 29.7 Å². The summed E-state index contributed by atoms with van der Waals surface area (Å²) in [5.41, 5.74) is 5.34. The van der Waals surface area contributed by atoms with Crippen LogP contribution in [0.3, 0.4) is 0 Å². The van der Waals surface area contributed by atoms with Gasteiger partial charge in [0.1, 0.15) is 5.75 Å². The Labute approximate surface area is 120 Å². The van der Waals surface area contributed by atoms with Crippen LogP contribution in [0.5, 0.6) is 5.75 Å². The molecule has 0 amide bonds. The van der Waals surface area contributed by atoms with Crippen LogP contribution in [-0.4, -0.2) is 31.1 Å². The van der Waals surface area contributed by atoms with E-state index in [2.05, 4.69) is 18.7 Å². The number of nitrogens with zero attached hydrogens (tertiary/aromatic N) is 1. The molecule has 0 saturated heterocycles. The Bertz CT molecular complexity index is 546. The molecule has 19 heavy (non-hydrogen) atoms. The lowest BCUT2D eigenvalue weighted by Crippen LogP contribution is -2.23. The van der Waals surface area contributed by atoms with Crippen molar-refractivity contribution in [2.24, 2.45) is 0 Å². The SMILES string of the molecule is COc1cc(Cl)cc(C)c1C1=C(C)CN(C2CC2)C1. The molecule has 3 heteroatoms. The maximum absolute atomic E-state index is 6.13. The van der Waals surface area contributed by atoms with Crippen molar-refractivity contribution in [3.8, 4) is 5.75 Å². The lowest BCUT2D eigenvalue weighted by molar-refractivity contribution is 0.340. The standard InChI is InChI=1S/C16H20ClNO/c1-10-6-12(17)7-15(19-3)16(10)14-9-18(8-11(14)2)13-4-5-13/h6-7,13H,4-5,8-9H2,1-3H3. The third-order valence-electron chi connectivity index (χ3n) is 4.17. The van der Waals surface area contributed by atoms with Crippen LogP contribution in [0.15, 0.2) is 17.7 Å². The summed E-state index contributed by atoms with van der Waals surface area (Å²) in [5.74, 6) is 0.900. The molecular formula is C16H20ClNO. The lowest BCUT2D eigenvalue weighted by Gasteiger charge is -2.17. The summed E-state index contributed by atoms with van der Waals surface area (Å²) in [5, 5.41) is 0.744. The zero-order chi connectivity index (χ0) is 13.6. The van der Waals surface area contributed by atoms with Crippen LogP contribution in [-0.2, 0) is 0 Å². The molecule has 0 atom stereocenters. The van der Waals surface area contributed by atoms with Crippen molar-refractivity contribution in [3.63, 3.8) is 0 Å². The molecular weight excluding hydrogens is 258 g/mol. The second kappa shape index (κ2) is 4.84. The predicted octanol–water partition coefficient (Wildman–Crippen LogP) is 3.91. The van der Waals surface area contributed by atoms with E-state index >= 15 is 0 Å². The van der Waals surface area contributed by atoms with E-state index < -0.39 is 0 Å². The summed E-state index contributed by atoms with van der Waals surface area (Å²) in [4.78, 5) is 2.58. The number of benzene rings is 1. The first kappa shape index (κ1) is 13.0. The number of rotatable bonds is 3. The average molecular weight is 278 g/mol. The number of hydrogen-bond acceptors (Lipinski definition) is 2. The highest BCUT2D eigenvalue weighted by Crippen LogP contribution is 2.40. The molecule has 2 nitrogen and oxygen atoms in total. The van der Waals surface area contributed by atoms with Crippen LogP contribution >= 0.6 is 11.6 Å². The van der Waals surface area contributed by atoms with Crippen molar-refractivity contribution in [1.82, 2.24) is 4.90 Å². The van der Waals surface area contributed by atoms with Crippen LogP contribution < -0.4 is 4.74 Å². The van der Waals surface area contributed by atoms with E-state index in [4.69, 9.17) is 16.3 Å². The molecule has 2 aliphatic rings. The zero-order valence-electron chi connectivity index (χ0n) is 11.8. The molecule has 3 rings (SSSR count). The Morgan fingerprint density at radius 1 is 1.21 bits per heavy atom. The van der Waals surface area contributed by atoms with Crippen LogP contribution in [0, 0.1) is 6.92 Å². The van der Waals surface area contributed by atoms with Gasteiger partial charge in [-0.05, 0) is 50.0 Å². The molecule has 0 radical (unpaired) electrons. The molecule has 1 aromatic rings. The molecule has 0 bridgehead atoms. The number of ether oxygens (including phenoxy) is 1. The topological polar surface area (TPSA) is 12.5 Å². The van der Waals surface area contributed by atoms with Gasteiger partial charge in [-0.2, -0.15) is 0 Å². The minimum atomic E-state index is 0.744. The van der Waals surface area contributed by atoms with E-state index in [9.17, 15) is 0 Å². The Balaban J connectivity index is 1.99. The van der Waals surface area contributed by atoms with Gasteiger partial charge in [-0.1, -0.05) is 17.2 Å². The second-order valence-electron chi connectivity index (χ2n) is 5.69. The Morgan fingerprint density at radius 2 is 1.95 bits per heavy atom. The predicted molar refractivity (Wildman–Crippen MR) is 79.9 cm³/mol. The molecule has 102 valence electrons. The third kappa shape index (κ3) is 2.39. The maximum Gasteiger partial charge on any atom is 0.128 e. The Kier molecular flexibility index (Phi) is 3.32. The van der Waals surface area contributed by atoms with Crippen LogP contribution in [0.4, 0.5) is 0 Å². The van der Waals surface area contributed by atoms with E-state index in [1.165, 1.54) is 35.1 Å². The number of halogens is 1. The second-order valence-corrected chi connectivity index (χ2v) is 6.13. The minimum Gasteiger partial charge on any atom is -0.496 e. The zero-order valence-corrected chi connectivity index (χ0v) is 12.5. The summed E-state index contributed by atoms with van der Waals surface area (Å²) < 4.78 is 5.54. The Hall–Kier alpha value is -0.990. The monoisotopic (exact) mass is 277 g/mol. The maximum atomic E-state index is 6.13. The fourth-order valence-corrected chi connectivity index (χ4v) is 3.31. The van der Waals surface area contributed by atoms with Gasteiger partial charge in [0.05, 0.1) is 7.11 Å². The van der Waals surface area contributed by atoms with E-state index in [-0.39, 0.29) is 0 Å². The third-order valence-corrected chi connectivity index (χ3v) is 4.38. The van der Waals surface area contributed by atoms with E-state index in [1.54, 1.807) is 7.11 Å². The lowest BCUT2D eigenvalue weighted by atomic mass is 9.97. The highest BCUT2D eigenvalue weighted by molar-refractivity contribution is 6.30. The van der Waals surface area contributed by atoms with Crippen molar-refractivity contribution in [2.45, 2.75) is 32.7 Å². The van der Waals surface area contributed by atoms with Crippen molar-refractivity contribution >= 4 is 17.2 Å². The van der Waals surface area contributed by atoms with Gasteiger partial charge in [-0.15, -0.1) is 0 Å². The molecule has 1 aliphatic carbocycles. The van der Waals surface area contributed by atoms with Gasteiger partial charge in [-0.25, -0.2) is 0 Å². The highest BCUT2D eigenvalue weighted by Gasteiger charge is 2.34. The summed E-state index contributed by atoms with van der Waals surface area (Å²) in [6.07, 6.45) is 2.72. The molecule has 1 saturated carbocycles. The first-order valence-electron chi connectivity index (χ1n) is 6.87. The molecule has 1 heterocycles. The summed E-state index contributed by atoms with van der Waals surface area (Å²) >= 11 is 6.13. The number of hydrogen-bond donors (Lipinski definition) is 0. The van der Waals surface area contributed by atoms with Gasteiger partial charge >= 0.3 is 0 Å². The molecule has 1 aliphatic heterocycles. The molecule has 0 aromatic heterocycles. The highest BCUT2D eigenvalue weighted by atomic mass is 35.5. The van der Waals surface area contributed by atoms with Crippen molar-refractivity contribution in [2.75, 3.05) is 20.2 Å². The van der Waals surface area contributed by atoms with Crippen LogP contribution in [0.1, 0.15) is 30.9 Å². The molecule has 0 unspecified atom stereocenters. The fraction of sp³-hybridized carbons (Fsp3) is 0.500. The van der Waals surface area contributed by atoms with Gasteiger partial charge < -0.3 is 4.74 Å². The molecule has 1 aromatic carbocycles. The van der Waals surface area contributed by atoms with Gasteiger partial charge in [0.2, 0.25) is 0 Å². The fourth-order valence-electron chi connectivity index (χ4n) is 3.04. The van der Waals surface area contributed by atoms with Crippen LogP contribution in [0.2, 0.25) is 5.02 Å². The average Bonchev–Trinajstić information content (AvgIpc) is 3.13. The molecule has 0 spiro atoms. The smallest absolute Gasteiger partial charge is 0.128 e.